The molecule has 2 atom stereocenters. The largest absolute Gasteiger partial charge is 0.346 e. The summed E-state index contributed by atoms with van der Waals surface area (Å²) >= 11 is 0. The number of nitrogens with one attached hydrogen (secondary N) is 1. The highest BCUT2D eigenvalue weighted by atomic mass is 19.1. The Labute approximate surface area is 146 Å². The van der Waals surface area contributed by atoms with Crippen LogP contribution >= 0.6 is 0 Å². The summed E-state index contributed by atoms with van der Waals surface area (Å²) < 4.78 is 15.8. The number of halogens is 1. The minimum Gasteiger partial charge on any atom is -0.346 e. The molecule has 3 fully saturated rings. The Balaban J connectivity index is 1.57. The fraction of sp³-hybridized carbons (Fsp3) is 0.474. The predicted molar refractivity (Wildman–Crippen MR) is 93.6 cm³/mol. The van der Waals surface area contributed by atoms with Crippen LogP contribution in [0.4, 0.5) is 4.39 Å². The second kappa shape index (κ2) is 6.26. The first-order valence-corrected chi connectivity index (χ1v) is 8.87. The molecule has 5 rings (SSSR count). The number of amides is 1. The molecule has 6 heteroatoms. The molecule has 0 radical (unpaired) electrons. The first kappa shape index (κ1) is 16.3. The van der Waals surface area contributed by atoms with Crippen molar-refractivity contribution >= 4 is 5.91 Å². The van der Waals surface area contributed by atoms with E-state index < -0.39 is 0 Å². The number of nitrogens with zero attached hydrogens (tertiary/aromatic N) is 3. The second-order valence-electron chi connectivity index (χ2n) is 7.13. The van der Waals surface area contributed by atoms with E-state index >= 15 is 0 Å². The number of hydrogen-bond donors (Lipinski definition) is 1. The van der Waals surface area contributed by atoms with E-state index in [1.165, 1.54) is 18.5 Å². The minimum absolute atomic E-state index is 0.0938. The number of pyridine rings is 1. The number of aromatic nitrogens is 2. The van der Waals surface area contributed by atoms with Crippen molar-refractivity contribution < 1.29 is 9.18 Å². The van der Waals surface area contributed by atoms with Gasteiger partial charge in [0.1, 0.15) is 11.5 Å². The van der Waals surface area contributed by atoms with Crippen LogP contribution in [0.1, 0.15) is 30.3 Å². The van der Waals surface area contributed by atoms with Gasteiger partial charge in [0, 0.05) is 31.5 Å². The molecule has 0 unspecified atom stereocenters. The Morgan fingerprint density at radius 3 is 2.72 bits per heavy atom. The van der Waals surface area contributed by atoms with Crippen LogP contribution in [0.2, 0.25) is 0 Å². The van der Waals surface area contributed by atoms with Crippen LogP contribution in [0.25, 0.3) is 11.3 Å². The van der Waals surface area contributed by atoms with Gasteiger partial charge in [-0.1, -0.05) is 0 Å². The molecule has 132 valence electrons. The van der Waals surface area contributed by atoms with Crippen molar-refractivity contribution in [1.29, 1.82) is 0 Å². The first-order chi connectivity index (χ1) is 12.1. The lowest BCUT2D eigenvalue weighted by Gasteiger charge is -2.49. The number of carbonyl (C=O) groups excluding carboxylic acids is 1. The van der Waals surface area contributed by atoms with Crippen LogP contribution in [0.3, 0.4) is 0 Å². The Morgan fingerprint density at radius 1 is 1.28 bits per heavy atom. The van der Waals surface area contributed by atoms with Crippen LogP contribution in [0.15, 0.2) is 30.6 Å². The molecule has 0 spiro atoms. The molecule has 3 aliphatic rings. The van der Waals surface area contributed by atoms with E-state index in [1.807, 2.05) is 0 Å². The number of hydrogen-bond acceptors (Lipinski definition) is 3. The van der Waals surface area contributed by atoms with Crippen molar-refractivity contribution in [3.63, 3.8) is 0 Å². The number of carbonyl (C=O) groups is 1. The highest BCUT2D eigenvalue weighted by Crippen LogP contribution is 2.32. The molecule has 2 aromatic heterocycles. The summed E-state index contributed by atoms with van der Waals surface area (Å²) in [5.41, 5.74) is 1.60. The van der Waals surface area contributed by atoms with Gasteiger partial charge in [-0.05, 0) is 57.0 Å². The van der Waals surface area contributed by atoms with E-state index in [4.69, 9.17) is 0 Å². The maximum absolute atomic E-state index is 14.0. The Morgan fingerprint density at radius 2 is 2.04 bits per heavy atom. The van der Waals surface area contributed by atoms with Crippen LogP contribution in [0.5, 0.6) is 0 Å². The highest BCUT2D eigenvalue weighted by molar-refractivity contribution is 5.94. The van der Waals surface area contributed by atoms with E-state index in [-0.39, 0.29) is 17.8 Å². The maximum atomic E-state index is 14.0. The Bertz CT molecular complexity index is 792. The van der Waals surface area contributed by atoms with Crippen LogP contribution in [-0.2, 0) is 7.05 Å². The lowest BCUT2D eigenvalue weighted by Crippen LogP contribution is -2.62. The Kier molecular flexibility index (Phi) is 4.07. The van der Waals surface area contributed by atoms with E-state index in [2.05, 4.69) is 22.1 Å². The standard InChI is InChI=1S/C19H23FN4O/c1-12-18(13-6-9-24(12)10-7-13)22-19(25)17-4-3-16(23(17)2)14-11-21-8-5-15(14)20/h3-5,8,11-13,18H,6-7,9-10H2,1-2H3,(H,22,25)/t12-,18-/m0/s1. The third-order valence-corrected chi connectivity index (χ3v) is 5.87. The van der Waals surface area contributed by atoms with Gasteiger partial charge in [-0.15, -0.1) is 0 Å². The molecule has 3 saturated heterocycles. The summed E-state index contributed by atoms with van der Waals surface area (Å²) in [7, 11) is 1.79. The van der Waals surface area contributed by atoms with Gasteiger partial charge in [0.15, 0.2) is 0 Å². The third kappa shape index (κ3) is 2.74. The number of fused-ring (bicyclic) bond motifs is 3. The monoisotopic (exact) mass is 342 g/mol. The van der Waals surface area contributed by atoms with Gasteiger partial charge >= 0.3 is 0 Å². The van der Waals surface area contributed by atoms with Gasteiger partial charge < -0.3 is 9.88 Å². The van der Waals surface area contributed by atoms with E-state index in [9.17, 15) is 9.18 Å². The molecular weight excluding hydrogens is 319 g/mol. The molecule has 1 amide bonds. The molecule has 2 aromatic rings. The average molecular weight is 342 g/mol. The summed E-state index contributed by atoms with van der Waals surface area (Å²) in [6, 6.07) is 5.41. The number of rotatable bonds is 3. The van der Waals surface area contributed by atoms with Crippen LogP contribution < -0.4 is 5.32 Å². The van der Waals surface area contributed by atoms with Crippen molar-refractivity contribution in [3.05, 3.63) is 42.1 Å². The molecule has 2 bridgehead atoms. The molecule has 25 heavy (non-hydrogen) atoms. The zero-order valence-corrected chi connectivity index (χ0v) is 14.6. The van der Waals surface area contributed by atoms with Gasteiger partial charge in [0.2, 0.25) is 0 Å². The summed E-state index contributed by atoms with van der Waals surface area (Å²) in [4.78, 5) is 19.3. The topological polar surface area (TPSA) is 50.2 Å². The smallest absolute Gasteiger partial charge is 0.268 e. The van der Waals surface area contributed by atoms with Crippen molar-refractivity contribution in [3.8, 4) is 11.3 Å². The zero-order valence-electron chi connectivity index (χ0n) is 14.6. The van der Waals surface area contributed by atoms with Gasteiger partial charge in [0.25, 0.3) is 5.91 Å². The summed E-state index contributed by atoms with van der Waals surface area (Å²) in [6.45, 7) is 4.46. The first-order valence-electron chi connectivity index (χ1n) is 8.87. The van der Waals surface area contributed by atoms with Gasteiger partial charge in [-0.2, -0.15) is 0 Å². The lowest BCUT2D eigenvalue weighted by molar-refractivity contribution is 0.0215. The quantitative estimate of drug-likeness (QED) is 0.932. The van der Waals surface area contributed by atoms with Crippen LogP contribution in [-0.4, -0.2) is 45.5 Å². The molecular formula is C19H23FN4O. The number of piperidine rings is 3. The van der Waals surface area contributed by atoms with Crippen LogP contribution in [0, 0.1) is 11.7 Å². The second-order valence-corrected chi connectivity index (χ2v) is 7.13. The molecule has 1 N–H and O–H groups in total. The predicted octanol–water partition coefficient (Wildman–Crippen LogP) is 2.44. The SMILES string of the molecule is C[C@H]1[C@H](NC(=O)c2ccc(-c3cnccc3F)n2C)C2CCN1CC2. The van der Waals surface area contributed by atoms with Crippen molar-refractivity contribution in [2.45, 2.75) is 31.8 Å². The maximum Gasteiger partial charge on any atom is 0.268 e. The molecule has 0 aromatic carbocycles. The summed E-state index contributed by atoms with van der Waals surface area (Å²) in [5.74, 6) is 0.122. The van der Waals surface area contributed by atoms with Gasteiger partial charge in [-0.25, -0.2) is 4.39 Å². The fourth-order valence-corrected chi connectivity index (χ4v) is 4.35. The van der Waals surface area contributed by atoms with Gasteiger partial charge in [0.05, 0.1) is 11.3 Å². The van der Waals surface area contributed by atoms with Crippen molar-refractivity contribution in [1.82, 2.24) is 19.8 Å². The van der Waals surface area contributed by atoms with E-state index in [0.717, 1.165) is 25.9 Å². The highest BCUT2D eigenvalue weighted by Gasteiger charge is 2.40. The van der Waals surface area contributed by atoms with E-state index in [0.29, 0.717) is 28.9 Å². The van der Waals surface area contributed by atoms with Crippen molar-refractivity contribution in [2.24, 2.45) is 13.0 Å². The van der Waals surface area contributed by atoms with E-state index in [1.54, 1.807) is 23.7 Å². The summed E-state index contributed by atoms with van der Waals surface area (Å²) in [5, 5.41) is 3.23. The molecule has 5 heterocycles. The average Bonchev–Trinajstić information content (AvgIpc) is 3.00. The lowest BCUT2D eigenvalue weighted by atomic mass is 9.79. The normalized spacial score (nSPS) is 28.1. The molecule has 0 aliphatic carbocycles. The molecule has 0 saturated carbocycles. The fourth-order valence-electron chi connectivity index (χ4n) is 4.35. The van der Waals surface area contributed by atoms with Gasteiger partial charge in [-0.3, -0.25) is 14.7 Å². The minimum atomic E-state index is -0.339. The summed E-state index contributed by atoms with van der Waals surface area (Å²) in [6.07, 6.45) is 5.20. The Hall–Kier alpha value is -2.21. The zero-order chi connectivity index (χ0) is 17.6. The van der Waals surface area contributed by atoms with Crippen molar-refractivity contribution in [2.75, 3.05) is 13.1 Å². The molecule has 3 aliphatic heterocycles. The third-order valence-electron chi connectivity index (χ3n) is 5.87. The molecule has 5 nitrogen and oxygen atoms in total.